The molecule has 0 spiro atoms. The number of hydrogen-bond acceptors (Lipinski definition) is 4. The number of likely N-dealkylation sites (N-methyl/N-ethyl adjacent to an activating group) is 1. The first kappa shape index (κ1) is 14.9. The van der Waals surface area contributed by atoms with Gasteiger partial charge in [-0.1, -0.05) is 0 Å². The lowest BCUT2D eigenvalue weighted by Crippen LogP contribution is -2.35. The summed E-state index contributed by atoms with van der Waals surface area (Å²) in [5, 5.41) is 5.51. The van der Waals surface area contributed by atoms with Crippen LogP contribution in [-0.4, -0.2) is 48.4 Å². The van der Waals surface area contributed by atoms with Gasteiger partial charge in [0.2, 0.25) is 5.91 Å². The molecule has 0 saturated heterocycles. The summed E-state index contributed by atoms with van der Waals surface area (Å²) in [5.74, 6) is -0.220. The van der Waals surface area contributed by atoms with Gasteiger partial charge in [-0.05, 0) is 26.0 Å². The zero-order valence-electron chi connectivity index (χ0n) is 11.6. The quantitative estimate of drug-likeness (QED) is 0.794. The molecule has 2 N–H and O–H groups in total. The summed E-state index contributed by atoms with van der Waals surface area (Å²) in [6.07, 6.45) is 1.54. The van der Waals surface area contributed by atoms with E-state index in [1.165, 1.54) is 6.20 Å². The Kier molecular flexibility index (Phi) is 5.78. The molecule has 0 unspecified atom stereocenters. The lowest BCUT2D eigenvalue weighted by molar-refractivity contribution is -0.128. The van der Waals surface area contributed by atoms with Crippen LogP contribution in [-0.2, 0) is 4.79 Å². The molecule has 19 heavy (non-hydrogen) atoms. The first-order valence-electron chi connectivity index (χ1n) is 6.32. The van der Waals surface area contributed by atoms with Crippen molar-refractivity contribution in [3.05, 3.63) is 24.0 Å². The van der Waals surface area contributed by atoms with Crippen molar-refractivity contribution in [2.75, 3.05) is 32.0 Å². The van der Waals surface area contributed by atoms with E-state index in [9.17, 15) is 9.59 Å². The maximum absolute atomic E-state index is 11.8. The predicted octanol–water partition coefficient (Wildman–Crippen LogP) is 0.721. The standard InChI is InChI=1S/C13H20N4O2/c1-4-17(5-2)12(18)9-16-10-6-7-15-11(8-10)13(19)14-3/h6-8H,4-5,9H2,1-3H3,(H,14,19)(H,15,16). The molecule has 0 fully saturated rings. The van der Waals surface area contributed by atoms with Gasteiger partial charge >= 0.3 is 0 Å². The fraction of sp³-hybridized carbons (Fsp3) is 0.462. The van der Waals surface area contributed by atoms with E-state index in [0.717, 1.165) is 0 Å². The van der Waals surface area contributed by atoms with Gasteiger partial charge in [-0.2, -0.15) is 0 Å². The van der Waals surface area contributed by atoms with Crippen LogP contribution in [0.3, 0.4) is 0 Å². The molecule has 6 nitrogen and oxygen atoms in total. The van der Waals surface area contributed by atoms with E-state index in [4.69, 9.17) is 0 Å². The number of rotatable bonds is 6. The Morgan fingerprint density at radius 2 is 2.00 bits per heavy atom. The van der Waals surface area contributed by atoms with Gasteiger partial charge in [0, 0.05) is 32.0 Å². The Hall–Kier alpha value is -2.11. The van der Waals surface area contributed by atoms with Crippen LogP contribution in [0.15, 0.2) is 18.3 Å². The van der Waals surface area contributed by atoms with Crippen LogP contribution in [0.2, 0.25) is 0 Å². The van der Waals surface area contributed by atoms with E-state index in [0.29, 0.717) is 24.5 Å². The molecule has 0 aliphatic rings. The van der Waals surface area contributed by atoms with Gasteiger partial charge in [0.05, 0.1) is 6.54 Å². The van der Waals surface area contributed by atoms with Crippen molar-refractivity contribution in [2.45, 2.75) is 13.8 Å². The highest BCUT2D eigenvalue weighted by atomic mass is 16.2. The van der Waals surface area contributed by atoms with E-state index in [1.54, 1.807) is 24.1 Å². The predicted molar refractivity (Wildman–Crippen MR) is 74.0 cm³/mol. The molecule has 0 radical (unpaired) electrons. The van der Waals surface area contributed by atoms with Crippen LogP contribution in [0.5, 0.6) is 0 Å². The van der Waals surface area contributed by atoms with Gasteiger partial charge in [0.1, 0.15) is 5.69 Å². The summed E-state index contributed by atoms with van der Waals surface area (Å²) < 4.78 is 0. The lowest BCUT2D eigenvalue weighted by Gasteiger charge is -2.19. The molecule has 6 heteroatoms. The number of hydrogen-bond donors (Lipinski definition) is 2. The zero-order valence-corrected chi connectivity index (χ0v) is 11.6. The maximum atomic E-state index is 11.8. The average molecular weight is 264 g/mol. The number of pyridine rings is 1. The van der Waals surface area contributed by atoms with Gasteiger partial charge in [-0.3, -0.25) is 14.6 Å². The SMILES string of the molecule is CCN(CC)C(=O)CNc1ccnc(C(=O)NC)c1. The fourth-order valence-electron chi connectivity index (χ4n) is 1.66. The molecule has 1 aromatic heterocycles. The molecular weight excluding hydrogens is 244 g/mol. The number of carbonyl (C=O) groups is 2. The summed E-state index contributed by atoms with van der Waals surface area (Å²) >= 11 is 0. The second kappa shape index (κ2) is 7.35. The Morgan fingerprint density at radius 3 is 2.58 bits per heavy atom. The van der Waals surface area contributed by atoms with E-state index < -0.39 is 0 Å². The number of nitrogens with zero attached hydrogens (tertiary/aromatic N) is 2. The third kappa shape index (κ3) is 4.24. The summed E-state index contributed by atoms with van der Waals surface area (Å²) in [4.78, 5) is 29.0. The molecule has 0 saturated carbocycles. The van der Waals surface area contributed by atoms with Crippen molar-refractivity contribution in [3.8, 4) is 0 Å². The number of carbonyl (C=O) groups excluding carboxylic acids is 2. The van der Waals surface area contributed by atoms with Gasteiger partial charge in [0.15, 0.2) is 0 Å². The highest BCUT2D eigenvalue weighted by molar-refractivity contribution is 5.93. The maximum Gasteiger partial charge on any atom is 0.269 e. The molecule has 0 aliphatic heterocycles. The molecule has 0 aromatic carbocycles. The molecule has 0 bridgehead atoms. The summed E-state index contributed by atoms with van der Waals surface area (Å²) in [6.45, 7) is 5.47. The summed E-state index contributed by atoms with van der Waals surface area (Å²) in [7, 11) is 1.55. The van der Waals surface area contributed by atoms with Gasteiger partial charge in [0.25, 0.3) is 5.91 Å². The lowest BCUT2D eigenvalue weighted by atomic mass is 10.3. The molecular formula is C13H20N4O2. The van der Waals surface area contributed by atoms with Crippen LogP contribution in [0.25, 0.3) is 0 Å². The molecule has 1 rings (SSSR count). The molecule has 0 aliphatic carbocycles. The Bertz CT molecular complexity index is 444. The monoisotopic (exact) mass is 264 g/mol. The molecule has 1 aromatic rings. The van der Waals surface area contributed by atoms with E-state index in [-0.39, 0.29) is 18.4 Å². The second-order valence-electron chi connectivity index (χ2n) is 3.93. The van der Waals surface area contributed by atoms with Crippen LogP contribution in [0, 0.1) is 0 Å². The fourth-order valence-corrected chi connectivity index (χ4v) is 1.66. The van der Waals surface area contributed by atoms with Crippen molar-refractivity contribution in [2.24, 2.45) is 0 Å². The van der Waals surface area contributed by atoms with E-state index in [1.807, 2.05) is 13.8 Å². The molecule has 1 heterocycles. The third-order valence-electron chi connectivity index (χ3n) is 2.78. The van der Waals surface area contributed by atoms with Gasteiger partial charge < -0.3 is 15.5 Å². The van der Waals surface area contributed by atoms with Crippen molar-refractivity contribution >= 4 is 17.5 Å². The largest absolute Gasteiger partial charge is 0.376 e. The molecule has 0 atom stereocenters. The van der Waals surface area contributed by atoms with Crippen LogP contribution in [0.4, 0.5) is 5.69 Å². The first-order valence-corrected chi connectivity index (χ1v) is 6.32. The number of anilines is 1. The van der Waals surface area contributed by atoms with Crippen molar-refractivity contribution in [1.82, 2.24) is 15.2 Å². The normalized spacial score (nSPS) is 9.84. The third-order valence-corrected chi connectivity index (χ3v) is 2.78. The van der Waals surface area contributed by atoms with Gasteiger partial charge in [-0.25, -0.2) is 0 Å². The Labute approximate surface area is 113 Å². The minimum Gasteiger partial charge on any atom is -0.376 e. The first-order chi connectivity index (χ1) is 9.12. The number of aromatic nitrogens is 1. The Morgan fingerprint density at radius 1 is 1.32 bits per heavy atom. The topological polar surface area (TPSA) is 74.3 Å². The average Bonchev–Trinajstić information content (AvgIpc) is 2.45. The minimum absolute atomic E-state index is 0.0308. The van der Waals surface area contributed by atoms with E-state index in [2.05, 4.69) is 15.6 Å². The van der Waals surface area contributed by atoms with Crippen molar-refractivity contribution in [1.29, 1.82) is 0 Å². The van der Waals surface area contributed by atoms with E-state index >= 15 is 0 Å². The smallest absolute Gasteiger partial charge is 0.269 e. The molecule has 2 amide bonds. The van der Waals surface area contributed by atoms with Crippen molar-refractivity contribution in [3.63, 3.8) is 0 Å². The van der Waals surface area contributed by atoms with Crippen LogP contribution < -0.4 is 10.6 Å². The molecule has 104 valence electrons. The summed E-state index contributed by atoms with van der Waals surface area (Å²) in [5.41, 5.74) is 1.02. The van der Waals surface area contributed by atoms with Crippen LogP contribution in [0.1, 0.15) is 24.3 Å². The number of amides is 2. The summed E-state index contributed by atoms with van der Waals surface area (Å²) in [6, 6.07) is 3.34. The van der Waals surface area contributed by atoms with Crippen LogP contribution >= 0.6 is 0 Å². The zero-order chi connectivity index (χ0) is 14.3. The minimum atomic E-state index is -0.251. The second-order valence-corrected chi connectivity index (χ2v) is 3.93. The number of nitrogens with one attached hydrogen (secondary N) is 2. The van der Waals surface area contributed by atoms with Gasteiger partial charge in [-0.15, -0.1) is 0 Å². The Balaban J connectivity index is 2.63. The highest BCUT2D eigenvalue weighted by Gasteiger charge is 2.10. The van der Waals surface area contributed by atoms with Crippen molar-refractivity contribution < 1.29 is 9.59 Å². The highest BCUT2D eigenvalue weighted by Crippen LogP contribution is 2.07.